The molecule has 1 saturated heterocycles. The van der Waals surface area contributed by atoms with Crippen LogP contribution in [0, 0.1) is 5.92 Å². The second kappa shape index (κ2) is 7.36. The first-order valence-electron chi connectivity index (χ1n) is 8.71. The van der Waals surface area contributed by atoms with Gasteiger partial charge in [0.05, 0.1) is 6.54 Å². The minimum atomic E-state index is 0.800. The lowest BCUT2D eigenvalue weighted by Crippen LogP contribution is -2.38. The molecule has 3 rings (SSSR count). The van der Waals surface area contributed by atoms with Gasteiger partial charge >= 0.3 is 0 Å². The molecule has 1 N–H and O–H groups in total. The summed E-state index contributed by atoms with van der Waals surface area (Å²) in [6.07, 6.45) is 7.55. The summed E-state index contributed by atoms with van der Waals surface area (Å²) >= 11 is 0. The molecular weight excluding hydrogens is 262 g/mol. The number of aromatic nitrogens is 3. The Morgan fingerprint density at radius 1 is 1.29 bits per heavy atom. The first-order valence-corrected chi connectivity index (χ1v) is 8.71. The molecule has 1 unspecified atom stereocenters. The molecule has 5 nitrogen and oxygen atoms in total. The summed E-state index contributed by atoms with van der Waals surface area (Å²) in [5, 5.41) is 12.4. The molecule has 0 aromatic carbocycles. The Morgan fingerprint density at radius 3 is 3.05 bits per heavy atom. The van der Waals surface area contributed by atoms with Crippen molar-refractivity contribution in [1.82, 2.24) is 25.0 Å². The molecule has 0 spiro atoms. The van der Waals surface area contributed by atoms with E-state index in [1.54, 1.807) is 0 Å². The van der Waals surface area contributed by atoms with E-state index in [4.69, 9.17) is 0 Å². The van der Waals surface area contributed by atoms with E-state index >= 15 is 0 Å². The molecule has 1 aromatic heterocycles. The third-order valence-corrected chi connectivity index (χ3v) is 4.76. The van der Waals surface area contributed by atoms with Crippen molar-refractivity contribution >= 4 is 0 Å². The molecule has 118 valence electrons. The summed E-state index contributed by atoms with van der Waals surface area (Å²) in [5.41, 5.74) is 0. The smallest absolute Gasteiger partial charge is 0.147 e. The van der Waals surface area contributed by atoms with Crippen molar-refractivity contribution in [2.45, 2.75) is 58.5 Å². The SMILES string of the molecule is CCCN(Cc1nnc2n1CCCC2)CC1CCCNC1. The maximum Gasteiger partial charge on any atom is 0.147 e. The summed E-state index contributed by atoms with van der Waals surface area (Å²) in [4.78, 5) is 2.59. The van der Waals surface area contributed by atoms with Gasteiger partial charge < -0.3 is 9.88 Å². The molecule has 2 aliphatic heterocycles. The van der Waals surface area contributed by atoms with E-state index in [0.29, 0.717) is 0 Å². The van der Waals surface area contributed by atoms with Crippen molar-refractivity contribution in [3.63, 3.8) is 0 Å². The molecule has 1 atom stereocenters. The van der Waals surface area contributed by atoms with E-state index in [-0.39, 0.29) is 0 Å². The number of aryl methyl sites for hydroxylation is 1. The van der Waals surface area contributed by atoms with Crippen LogP contribution in [0.2, 0.25) is 0 Å². The fourth-order valence-corrected chi connectivity index (χ4v) is 3.68. The number of hydrogen-bond acceptors (Lipinski definition) is 4. The number of nitrogens with zero attached hydrogens (tertiary/aromatic N) is 4. The third kappa shape index (κ3) is 3.83. The molecular formula is C16H29N5. The van der Waals surface area contributed by atoms with E-state index < -0.39 is 0 Å². The van der Waals surface area contributed by atoms with E-state index in [1.807, 2.05) is 0 Å². The van der Waals surface area contributed by atoms with Crippen LogP contribution in [-0.4, -0.2) is 45.8 Å². The van der Waals surface area contributed by atoms with Crippen LogP contribution in [0.15, 0.2) is 0 Å². The fraction of sp³-hybridized carbons (Fsp3) is 0.875. The number of fused-ring (bicyclic) bond motifs is 1. The molecule has 0 saturated carbocycles. The first kappa shape index (κ1) is 15.0. The summed E-state index contributed by atoms with van der Waals surface area (Å²) in [5.74, 6) is 3.18. The van der Waals surface area contributed by atoms with Gasteiger partial charge in [0.2, 0.25) is 0 Å². The summed E-state index contributed by atoms with van der Waals surface area (Å²) in [6.45, 7) is 9.09. The molecule has 2 aliphatic rings. The number of rotatable bonds is 6. The predicted octanol–water partition coefficient (Wildman–Crippen LogP) is 1.83. The van der Waals surface area contributed by atoms with E-state index in [0.717, 1.165) is 25.4 Å². The van der Waals surface area contributed by atoms with Gasteiger partial charge in [-0.05, 0) is 57.7 Å². The fourth-order valence-electron chi connectivity index (χ4n) is 3.68. The molecule has 3 heterocycles. The third-order valence-electron chi connectivity index (χ3n) is 4.76. The highest BCUT2D eigenvalue weighted by Gasteiger charge is 2.20. The van der Waals surface area contributed by atoms with Crippen LogP contribution in [0.5, 0.6) is 0 Å². The Labute approximate surface area is 128 Å². The lowest BCUT2D eigenvalue weighted by atomic mass is 9.99. The van der Waals surface area contributed by atoms with Gasteiger partial charge in [-0.3, -0.25) is 4.90 Å². The van der Waals surface area contributed by atoms with Crippen LogP contribution in [0.1, 0.15) is 50.7 Å². The highest BCUT2D eigenvalue weighted by molar-refractivity contribution is 4.99. The summed E-state index contributed by atoms with van der Waals surface area (Å²) in [7, 11) is 0. The highest BCUT2D eigenvalue weighted by atomic mass is 15.3. The van der Waals surface area contributed by atoms with Crippen molar-refractivity contribution in [3.05, 3.63) is 11.6 Å². The van der Waals surface area contributed by atoms with Crippen LogP contribution in [0.3, 0.4) is 0 Å². The average molecular weight is 291 g/mol. The molecule has 5 heteroatoms. The molecule has 1 fully saturated rings. The van der Waals surface area contributed by atoms with Gasteiger partial charge in [0.15, 0.2) is 0 Å². The zero-order valence-corrected chi connectivity index (χ0v) is 13.4. The molecule has 21 heavy (non-hydrogen) atoms. The quantitative estimate of drug-likeness (QED) is 0.868. The average Bonchev–Trinajstić information content (AvgIpc) is 2.92. The molecule has 1 aromatic rings. The Kier molecular flexibility index (Phi) is 5.25. The lowest BCUT2D eigenvalue weighted by molar-refractivity contribution is 0.194. The van der Waals surface area contributed by atoms with Gasteiger partial charge in [0, 0.05) is 19.5 Å². The van der Waals surface area contributed by atoms with Crippen molar-refractivity contribution in [2.75, 3.05) is 26.2 Å². The van der Waals surface area contributed by atoms with Gasteiger partial charge in [0.1, 0.15) is 11.6 Å². The standard InChI is InChI=1S/C16H29N5/c1-2-9-20(12-14-6-5-8-17-11-14)13-16-19-18-15-7-3-4-10-21(15)16/h14,17H,2-13H2,1H3. The second-order valence-corrected chi connectivity index (χ2v) is 6.59. The monoisotopic (exact) mass is 291 g/mol. The van der Waals surface area contributed by atoms with Crippen LogP contribution >= 0.6 is 0 Å². The van der Waals surface area contributed by atoms with Gasteiger partial charge in [-0.25, -0.2) is 0 Å². The van der Waals surface area contributed by atoms with Crippen LogP contribution in [0.25, 0.3) is 0 Å². The Morgan fingerprint density at radius 2 is 2.24 bits per heavy atom. The van der Waals surface area contributed by atoms with Crippen molar-refractivity contribution in [3.8, 4) is 0 Å². The zero-order chi connectivity index (χ0) is 14.5. The van der Waals surface area contributed by atoms with Crippen molar-refractivity contribution in [1.29, 1.82) is 0 Å². The van der Waals surface area contributed by atoms with Gasteiger partial charge in [-0.1, -0.05) is 6.92 Å². The molecule has 0 bridgehead atoms. The second-order valence-electron chi connectivity index (χ2n) is 6.59. The molecule has 0 aliphatic carbocycles. The van der Waals surface area contributed by atoms with Crippen LogP contribution in [0.4, 0.5) is 0 Å². The minimum Gasteiger partial charge on any atom is -0.316 e. The Hall–Kier alpha value is -0.940. The van der Waals surface area contributed by atoms with Crippen molar-refractivity contribution < 1.29 is 0 Å². The number of nitrogens with one attached hydrogen (secondary N) is 1. The van der Waals surface area contributed by atoms with Crippen LogP contribution in [-0.2, 0) is 19.5 Å². The maximum absolute atomic E-state index is 4.47. The van der Waals surface area contributed by atoms with Gasteiger partial charge in [0.25, 0.3) is 0 Å². The van der Waals surface area contributed by atoms with E-state index in [1.165, 1.54) is 69.9 Å². The minimum absolute atomic E-state index is 0.800. The van der Waals surface area contributed by atoms with E-state index in [2.05, 4.69) is 31.9 Å². The Balaban J connectivity index is 1.62. The maximum atomic E-state index is 4.47. The van der Waals surface area contributed by atoms with Crippen molar-refractivity contribution in [2.24, 2.45) is 5.92 Å². The molecule has 0 radical (unpaired) electrons. The topological polar surface area (TPSA) is 46.0 Å². The largest absolute Gasteiger partial charge is 0.316 e. The van der Waals surface area contributed by atoms with Gasteiger partial charge in [-0.2, -0.15) is 0 Å². The molecule has 0 amide bonds. The number of piperidine rings is 1. The van der Waals surface area contributed by atoms with E-state index in [9.17, 15) is 0 Å². The Bertz CT molecular complexity index is 436. The summed E-state index contributed by atoms with van der Waals surface area (Å²) < 4.78 is 2.37. The number of hydrogen-bond donors (Lipinski definition) is 1. The first-order chi connectivity index (χ1) is 10.4. The summed E-state index contributed by atoms with van der Waals surface area (Å²) in [6, 6.07) is 0. The highest BCUT2D eigenvalue weighted by Crippen LogP contribution is 2.17. The zero-order valence-electron chi connectivity index (χ0n) is 13.4. The van der Waals surface area contributed by atoms with Gasteiger partial charge in [-0.15, -0.1) is 10.2 Å². The lowest BCUT2D eigenvalue weighted by Gasteiger charge is -2.30. The predicted molar refractivity (Wildman–Crippen MR) is 84.1 cm³/mol. The van der Waals surface area contributed by atoms with Crippen LogP contribution < -0.4 is 5.32 Å². The normalized spacial score (nSPS) is 22.5.